The molecule has 1 aliphatic heterocycles. The number of benzene rings is 2. The van der Waals surface area contributed by atoms with Crippen molar-refractivity contribution in [3.8, 4) is 0 Å². The minimum Gasteiger partial charge on any atom is -0.384 e. The molecule has 1 amide bonds. The molecule has 2 N–H and O–H groups in total. The summed E-state index contributed by atoms with van der Waals surface area (Å²) in [6.07, 6.45) is 0.435. The lowest BCUT2D eigenvalue weighted by molar-refractivity contribution is -0.116. The Hall–Kier alpha value is -1.71. The van der Waals surface area contributed by atoms with Crippen LogP contribution in [0.3, 0.4) is 0 Å². The van der Waals surface area contributed by atoms with Gasteiger partial charge in [-0.05, 0) is 29.8 Å². The molecule has 2 aromatic carbocycles. The summed E-state index contributed by atoms with van der Waals surface area (Å²) in [7, 11) is 0. The summed E-state index contributed by atoms with van der Waals surface area (Å²) in [5, 5.41) is 7.08. The smallest absolute Gasteiger partial charge is 0.225 e. The van der Waals surface area contributed by atoms with Gasteiger partial charge in [0.25, 0.3) is 0 Å². The molecule has 3 nitrogen and oxygen atoms in total. The monoisotopic (exact) mass is 320 g/mol. The molecule has 5 heteroatoms. The summed E-state index contributed by atoms with van der Waals surface area (Å²) in [5.41, 5.74) is 2.97. The van der Waals surface area contributed by atoms with Crippen molar-refractivity contribution in [2.24, 2.45) is 0 Å². The maximum absolute atomic E-state index is 12.2. The van der Waals surface area contributed by atoms with E-state index in [0.717, 1.165) is 12.2 Å². The Balaban J connectivity index is 1.66. The van der Waals surface area contributed by atoms with Gasteiger partial charge in [-0.15, -0.1) is 0 Å². The molecule has 0 fully saturated rings. The van der Waals surface area contributed by atoms with Crippen LogP contribution in [-0.2, 0) is 4.79 Å². The number of anilines is 2. The van der Waals surface area contributed by atoms with Gasteiger partial charge in [-0.1, -0.05) is 41.4 Å². The van der Waals surface area contributed by atoms with Gasteiger partial charge in [0, 0.05) is 30.3 Å². The number of carbonyl (C=O) groups excluding carboxylic acids is 1. The molecule has 0 spiro atoms. The molecule has 0 aromatic heterocycles. The molecule has 2 aromatic rings. The van der Waals surface area contributed by atoms with Crippen molar-refractivity contribution in [1.82, 2.24) is 0 Å². The molecule has 1 unspecified atom stereocenters. The Kier molecular flexibility index (Phi) is 4.04. The highest BCUT2D eigenvalue weighted by Gasteiger charge is 2.23. The Morgan fingerprint density at radius 2 is 2.00 bits per heavy atom. The fraction of sp³-hybridized carbons (Fsp3) is 0.188. The van der Waals surface area contributed by atoms with E-state index >= 15 is 0 Å². The fourth-order valence-corrected chi connectivity index (χ4v) is 2.85. The summed E-state index contributed by atoms with van der Waals surface area (Å²) in [6, 6.07) is 13.2. The number of carbonyl (C=O) groups is 1. The van der Waals surface area contributed by atoms with Gasteiger partial charge in [0.05, 0.1) is 10.0 Å². The van der Waals surface area contributed by atoms with Crippen LogP contribution in [0.15, 0.2) is 42.5 Å². The van der Waals surface area contributed by atoms with E-state index in [4.69, 9.17) is 23.2 Å². The highest BCUT2D eigenvalue weighted by molar-refractivity contribution is 6.42. The van der Waals surface area contributed by atoms with Gasteiger partial charge in [0.2, 0.25) is 5.91 Å². The van der Waals surface area contributed by atoms with Gasteiger partial charge in [0.1, 0.15) is 0 Å². The number of rotatable bonds is 3. The van der Waals surface area contributed by atoms with Crippen molar-refractivity contribution in [2.45, 2.75) is 12.3 Å². The van der Waals surface area contributed by atoms with E-state index in [1.165, 1.54) is 5.56 Å². The van der Waals surface area contributed by atoms with Crippen LogP contribution < -0.4 is 10.6 Å². The second kappa shape index (κ2) is 5.96. The highest BCUT2D eigenvalue weighted by atomic mass is 35.5. The number of hydrogen-bond acceptors (Lipinski definition) is 2. The number of nitrogens with one attached hydrogen (secondary N) is 2. The van der Waals surface area contributed by atoms with E-state index in [9.17, 15) is 4.79 Å². The van der Waals surface area contributed by atoms with Crippen LogP contribution in [-0.4, -0.2) is 12.5 Å². The average Bonchev–Trinajstić information content (AvgIpc) is 2.86. The Morgan fingerprint density at radius 3 is 2.81 bits per heavy atom. The standard InChI is InChI=1S/C16H14Cl2N2O/c17-13-6-5-11(8-14(13)18)20-16(21)7-10-9-19-15-4-2-1-3-12(10)15/h1-6,8,10,19H,7,9H2,(H,20,21). The summed E-state index contributed by atoms with van der Waals surface area (Å²) < 4.78 is 0. The first-order valence-electron chi connectivity index (χ1n) is 6.71. The second-order valence-corrected chi connectivity index (χ2v) is 5.86. The zero-order valence-corrected chi connectivity index (χ0v) is 12.7. The molecule has 3 rings (SSSR count). The first kappa shape index (κ1) is 14.2. The van der Waals surface area contributed by atoms with Crippen LogP contribution in [0.1, 0.15) is 17.9 Å². The zero-order valence-electron chi connectivity index (χ0n) is 11.2. The Labute approximate surface area is 133 Å². The molecule has 1 heterocycles. The first-order chi connectivity index (χ1) is 10.1. The van der Waals surface area contributed by atoms with Gasteiger partial charge in [-0.25, -0.2) is 0 Å². The summed E-state index contributed by atoms with van der Waals surface area (Å²) in [5.74, 6) is 0.167. The minimum atomic E-state index is -0.0307. The average molecular weight is 321 g/mol. The molecular formula is C16H14Cl2N2O. The number of amides is 1. The van der Waals surface area contributed by atoms with Gasteiger partial charge < -0.3 is 10.6 Å². The number of para-hydroxylation sites is 1. The Morgan fingerprint density at radius 1 is 1.19 bits per heavy atom. The van der Waals surface area contributed by atoms with Crippen LogP contribution in [0.25, 0.3) is 0 Å². The lowest BCUT2D eigenvalue weighted by atomic mass is 9.97. The maximum atomic E-state index is 12.2. The highest BCUT2D eigenvalue weighted by Crippen LogP contribution is 2.33. The zero-order chi connectivity index (χ0) is 14.8. The summed E-state index contributed by atoms with van der Waals surface area (Å²) >= 11 is 11.8. The lowest BCUT2D eigenvalue weighted by Gasteiger charge is -2.11. The predicted molar refractivity (Wildman–Crippen MR) is 87.4 cm³/mol. The molecule has 1 atom stereocenters. The van der Waals surface area contributed by atoms with Gasteiger partial charge in [-0.2, -0.15) is 0 Å². The van der Waals surface area contributed by atoms with Gasteiger partial charge in [0.15, 0.2) is 0 Å². The molecule has 0 saturated heterocycles. The predicted octanol–water partition coefficient (Wildman–Crippen LogP) is 4.53. The largest absolute Gasteiger partial charge is 0.384 e. The van der Waals surface area contributed by atoms with Crippen LogP contribution in [0.4, 0.5) is 11.4 Å². The van der Waals surface area contributed by atoms with Crippen molar-refractivity contribution >= 4 is 40.5 Å². The van der Waals surface area contributed by atoms with E-state index in [0.29, 0.717) is 22.2 Å². The van der Waals surface area contributed by atoms with E-state index in [2.05, 4.69) is 16.7 Å². The third-order valence-corrected chi connectivity index (χ3v) is 4.31. The molecule has 0 aliphatic carbocycles. The minimum absolute atomic E-state index is 0.0307. The normalized spacial score (nSPS) is 16.2. The topological polar surface area (TPSA) is 41.1 Å². The van der Waals surface area contributed by atoms with Crippen molar-refractivity contribution in [3.05, 3.63) is 58.1 Å². The molecule has 1 aliphatic rings. The van der Waals surface area contributed by atoms with E-state index in [-0.39, 0.29) is 11.8 Å². The van der Waals surface area contributed by atoms with Crippen molar-refractivity contribution in [1.29, 1.82) is 0 Å². The van der Waals surface area contributed by atoms with Crippen molar-refractivity contribution in [3.63, 3.8) is 0 Å². The molecule has 0 radical (unpaired) electrons. The molecule has 0 bridgehead atoms. The molecular weight excluding hydrogens is 307 g/mol. The van der Waals surface area contributed by atoms with Crippen molar-refractivity contribution < 1.29 is 4.79 Å². The first-order valence-corrected chi connectivity index (χ1v) is 7.47. The number of fused-ring (bicyclic) bond motifs is 1. The van der Waals surface area contributed by atoms with E-state index in [1.807, 2.05) is 18.2 Å². The van der Waals surface area contributed by atoms with Crippen molar-refractivity contribution in [2.75, 3.05) is 17.2 Å². The third-order valence-electron chi connectivity index (χ3n) is 3.57. The van der Waals surface area contributed by atoms with Gasteiger partial charge >= 0.3 is 0 Å². The van der Waals surface area contributed by atoms with Gasteiger partial charge in [-0.3, -0.25) is 4.79 Å². The molecule has 108 valence electrons. The van der Waals surface area contributed by atoms with Crippen LogP contribution in [0.2, 0.25) is 10.0 Å². The van der Waals surface area contributed by atoms with Crippen LogP contribution >= 0.6 is 23.2 Å². The SMILES string of the molecule is O=C(CC1CNc2ccccc21)Nc1ccc(Cl)c(Cl)c1. The third kappa shape index (κ3) is 3.14. The lowest BCUT2D eigenvalue weighted by Crippen LogP contribution is -2.16. The van der Waals surface area contributed by atoms with E-state index in [1.54, 1.807) is 18.2 Å². The van der Waals surface area contributed by atoms with E-state index < -0.39 is 0 Å². The number of halogens is 2. The second-order valence-electron chi connectivity index (χ2n) is 5.05. The summed E-state index contributed by atoms with van der Waals surface area (Å²) in [6.45, 7) is 0.786. The maximum Gasteiger partial charge on any atom is 0.225 e. The quantitative estimate of drug-likeness (QED) is 0.872. The summed E-state index contributed by atoms with van der Waals surface area (Å²) in [4.78, 5) is 12.2. The fourth-order valence-electron chi connectivity index (χ4n) is 2.55. The molecule has 21 heavy (non-hydrogen) atoms. The van der Waals surface area contributed by atoms with Crippen LogP contribution in [0, 0.1) is 0 Å². The Bertz CT molecular complexity index is 688. The number of hydrogen-bond donors (Lipinski definition) is 2. The molecule has 0 saturated carbocycles. The van der Waals surface area contributed by atoms with Crippen LogP contribution in [0.5, 0.6) is 0 Å².